The first-order valence-corrected chi connectivity index (χ1v) is 9.06. The van der Waals surface area contributed by atoms with E-state index in [4.69, 9.17) is 9.47 Å². The molecule has 0 unspecified atom stereocenters. The van der Waals surface area contributed by atoms with E-state index in [9.17, 15) is 4.79 Å². The highest BCUT2D eigenvalue weighted by Gasteiger charge is 2.20. The summed E-state index contributed by atoms with van der Waals surface area (Å²) in [5, 5.41) is 3.81. The van der Waals surface area contributed by atoms with E-state index < -0.39 is 0 Å². The lowest BCUT2D eigenvalue weighted by molar-refractivity contribution is -0.119. The second-order valence-corrected chi connectivity index (χ2v) is 6.97. The predicted octanol–water partition coefficient (Wildman–Crippen LogP) is 1.92. The number of aryl methyl sites for hydroxylation is 1. The zero-order chi connectivity index (χ0) is 16.8. The van der Waals surface area contributed by atoms with E-state index >= 15 is 0 Å². The highest BCUT2D eigenvalue weighted by Crippen LogP contribution is 2.24. The van der Waals surface area contributed by atoms with Gasteiger partial charge in [0.2, 0.25) is 5.91 Å². The Kier molecular flexibility index (Phi) is 6.92. The number of carbonyl (C=O) groups is 1. The smallest absolute Gasteiger partial charge is 0.230 e. The Bertz CT molecular complexity index is 527. The van der Waals surface area contributed by atoms with E-state index in [0.717, 1.165) is 42.5 Å². The van der Waals surface area contributed by atoms with Crippen molar-refractivity contribution in [1.82, 2.24) is 14.9 Å². The molecule has 0 saturated carbocycles. The molecular formula is C16H27N3O3S. The Hall–Kier alpha value is -1.05. The lowest BCUT2D eigenvalue weighted by atomic mass is 10.2. The maximum Gasteiger partial charge on any atom is 0.230 e. The van der Waals surface area contributed by atoms with Crippen LogP contribution in [0.2, 0.25) is 0 Å². The lowest BCUT2D eigenvalue weighted by Crippen LogP contribution is -2.36. The molecule has 2 heterocycles. The molecule has 1 saturated heterocycles. The van der Waals surface area contributed by atoms with Gasteiger partial charge in [0.25, 0.3) is 0 Å². The molecule has 2 atom stereocenters. The zero-order valence-corrected chi connectivity index (χ0v) is 15.2. The van der Waals surface area contributed by atoms with Gasteiger partial charge in [0.1, 0.15) is 0 Å². The molecule has 7 heteroatoms. The van der Waals surface area contributed by atoms with Crippen LogP contribution in [0.3, 0.4) is 0 Å². The van der Waals surface area contributed by atoms with Crippen LogP contribution in [-0.2, 0) is 20.8 Å². The van der Waals surface area contributed by atoms with Gasteiger partial charge in [0, 0.05) is 25.5 Å². The highest BCUT2D eigenvalue weighted by atomic mass is 32.2. The number of thioether (sulfide) groups is 1. The third kappa shape index (κ3) is 5.22. The quantitative estimate of drug-likeness (QED) is 0.732. The number of rotatable bonds is 8. The summed E-state index contributed by atoms with van der Waals surface area (Å²) in [5.41, 5.74) is 2.16. The van der Waals surface area contributed by atoms with Crippen molar-refractivity contribution in [2.75, 3.05) is 26.1 Å². The van der Waals surface area contributed by atoms with Crippen LogP contribution in [0.25, 0.3) is 0 Å². The molecule has 1 N–H and O–H groups in total. The first-order valence-electron chi connectivity index (χ1n) is 8.07. The van der Waals surface area contributed by atoms with Crippen LogP contribution in [0.5, 0.6) is 0 Å². The van der Waals surface area contributed by atoms with Gasteiger partial charge in [-0.1, -0.05) is 11.8 Å². The summed E-state index contributed by atoms with van der Waals surface area (Å²) < 4.78 is 12.9. The van der Waals surface area contributed by atoms with Crippen molar-refractivity contribution in [2.45, 2.75) is 57.5 Å². The molecular weight excluding hydrogens is 314 g/mol. The number of carbonyl (C=O) groups excluding carboxylic acids is 1. The van der Waals surface area contributed by atoms with Crippen molar-refractivity contribution in [1.29, 1.82) is 0 Å². The number of hydrogen-bond acceptors (Lipinski definition) is 5. The average molecular weight is 341 g/mol. The summed E-state index contributed by atoms with van der Waals surface area (Å²) in [5.74, 6) is 0.358. The molecule has 1 aromatic heterocycles. The summed E-state index contributed by atoms with van der Waals surface area (Å²) >= 11 is 1.48. The summed E-state index contributed by atoms with van der Waals surface area (Å²) in [4.78, 5) is 16.6. The second kappa shape index (κ2) is 8.70. The minimum absolute atomic E-state index is 0.00141. The minimum atomic E-state index is 0.00141. The number of hydrogen-bond donors (Lipinski definition) is 1. The molecule has 0 aliphatic carbocycles. The first-order chi connectivity index (χ1) is 11.0. The van der Waals surface area contributed by atoms with Gasteiger partial charge >= 0.3 is 0 Å². The highest BCUT2D eigenvalue weighted by molar-refractivity contribution is 7.99. The summed E-state index contributed by atoms with van der Waals surface area (Å²) in [6.45, 7) is 8.19. The fourth-order valence-electron chi connectivity index (χ4n) is 2.68. The molecule has 1 aliphatic heterocycles. The van der Waals surface area contributed by atoms with Crippen molar-refractivity contribution >= 4 is 17.7 Å². The van der Waals surface area contributed by atoms with Gasteiger partial charge in [-0.3, -0.25) is 4.79 Å². The number of nitrogens with one attached hydrogen (secondary N) is 1. The molecule has 1 aliphatic rings. The standard InChI is InChI=1S/C16H27N3O3S/c1-11(9-21-4)17-15(20)10-23-16-18-12(2)13(3)19(16)8-14-6-5-7-22-14/h11,14H,5-10H2,1-4H3,(H,17,20)/t11-,14-/m0/s1. The van der Waals surface area contributed by atoms with E-state index in [1.54, 1.807) is 7.11 Å². The monoisotopic (exact) mass is 341 g/mol. The van der Waals surface area contributed by atoms with Gasteiger partial charge in [0.15, 0.2) is 5.16 Å². The van der Waals surface area contributed by atoms with Gasteiger partial charge in [-0.05, 0) is 33.6 Å². The lowest BCUT2D eigenvalue weighted by Gasteiger charge is -2.15. The molecule has 0 spiro atoms. The van der Waals surface area contributed by atoms with Crippen LogP contribution < -0.4 is 5.32 Å². The Labute approximate surface area is 142 Å². The van der Waals surface area contributed by atoms with Crippen LogP contribution in [0.4, 0.5) is 0 Å². The summed E-state index contributed by atoms with van der Waals surface area (Å²) in [7, 11) is 1.63. The molecule has 6 nitrogen and oxygen atoms in total. The molecule has 130 valence electrons. The molecule has 2 rings (SSSR count). The predicted molar refractivity (Wildman–Crippen MR) is 90.9 cm³/mol. The van der Waals surface area contributed by atoms with E-state index in [2.05, 4.69) is 21.8 Å². The van der Waals surface area contributed by atoms with E-state index in [1.807, 2.05) is 13.8 Å². The molecule has 1 fully saturated rings. The zero-order valence-electron chi connectivity index (χ0n) is 14.4. The van der Waals surface area contributed by atoms with Crippen molar-refractivity contribution in [3.63, 3.8) is 0 Å². The van der Waals surface area contributed by atoms with Crippen LogP contribution in [0.15, 0.2) is 5.16 Å². The average Bonchev–Trinajstić information content (AvgIpc) is 3.09. The number of ether oxygens (including phenoxy) is 2. The fourth-order valence-corrected chi connectivity index (χ4v) is 3.59. The van der Waals surface area contributed by atoms with E-state index in [-0.39, 0.29) is 18.1 Å². The van der Waals surface area contributed by atoms with Gasteiger partial charge in [-0.25, -0.2) is 4.98 Å². The third-order valence-corrected chi connectivity index (χ3v) is 4.97. The number of amides is 1. The Balaban J connectivity index is 1.93. The van der Waals surface area contributed by atoms with Crippen molar-refractivity contribution < 1.29 is 14.3 Å². The van der Waals surface area contributed by atoms with Gasteiger partial charge < -0.3 is 19.4 Å². The van der Waals surface area contributed by atoms with Gasteiger partial charge in [-0.15, -0.1) is 0 Å². The third-order valence-electron chi connectivity index (χ3n) is 3.99. The normalized spacial score (nSPS) is 19.0. The molecule has 1 aromatic rings. The maximum atomic E-state index is 12.0. The Morgan fingerprint density at radius 2 is 2.35 bits per heavy atom. The van der Waals surface area contributed by atoms with Crippen LogP contribution in [0, 0.1) is 13.8 Å². The molecule has 1 amide bonds. The summed E-state index contributed by atoms with van der Waals surface area (Å²) in [6.07, 6.45) is 2.48. The van der Waals surface area contributed by atoms with E-state index in [0.29, 0.717) is 12.4 Å². The SMILES string of the molecule is COC[C@H](C)NC(=O)CSc1nc(C)c(C)n1C[C@@H]1CCCO1. The number of nitrogens with zero attached hydrogens (tertiary/aromatic N) is 2. The topological polar surface area (TPSA) is 65.4 Å². The Morgan fingerprint density at radius 1 is 1.57 bits per heavy atom. The largest absolute Gasteiger partial charge is 0.383 e. The van der Waals surface area contributed by atoms with Crippen LogP contribution >= 0.6 is 11.8 Å². The van der Waals surface area contributed by atoms with E-state index in [1.165, 1.54) is 11.8 Å². The maximum absolute atomic E-state index is 12.0. The molecule has 0 aromatic carbocycles. The number of aromatic nitrogens is 2. The van der Waals surface area contributed by atoms with Crippen molar-refractivity contribution in [3.8, 4) is 0 Å². The number of imidazole rings is 1. The summed E-state index contributed by atoms with van der Waals surface area (Å²) in [6, 6.07) is 0.0169. The van der Waals surface area contributed by atoms with Crippen molar-refractivity contribution in [3.05, 3.63) is 11.4 Å². The van der Waals surface area contributed by atoms with Gasteiger partial charge in [0.05, 0.1) is 30.7 Å². The first kappa shape index (κ1) is 18.3. The minimum Gasteiger partial charge on any atom is -0.383 e. The van der Waals surface area contributed by atoms with Crippen LogP contribution in [-0.4, -0.2) is 53.7 Å². The second-order valence-electron chi connectivity index (χ2n) is 6.02. The van der Waals surface area contributed by atoms with Gasteiger partial charge in [-0.2, -0.15) is 0 Å². The Morgan fingerprint density at radius 3 is 3.00 bits per heavy atom. The molecule has 0 radical (unpaired) electrons. The fraction of sp³-hybridized carbons (Fsp3) is 0.750. The number of methoxy groups -OCH3 is 1. The molecule has 0 bridgehead atoms. The van der Waals surface area contributed by atoms with Crippen molar-refractivity contribution in [2.24, 2.45) is 0 Å². The van der Waals surface area contributed by atoms with Crippen LogP contribution in [0.1, 0.15) is 31.2 Å². The molecule has 23 heavy (non-hydrogen) atoms.